The van der Waals surface area contributed by atoms with Crippen molar-refractivity contribution in [1.29, 1.82) is 0 Å². The SMILES string of the molecule is CN(Cc1ccccc1F)C(=O)CN1CCN(C(=O)c2ccco2)CC1. The molecule has 1 fully saturated rings. The molecule has 0 bridgehead atoms. The molecule has 1 aromatic heterocycles. The highest BCUT2D eigenvalue weighted by Crippen LogP contribution is 2.11. The smallest absolute Gasteiger partial charge is 0.289 e. The van der Waals surface area contributed by atoms with Crippen molar-refractivity contribution in [2.75, 3.05) is 39.8 Å². The average Bonchev–Trinajstić information content (AvgIpc) is 3.18. The first-order valence-electron chi connectivity index (χ1n) is 8.57. The van der Waals surface area contributed by atoms with Gasteiger partial charge in [0.1, 0.15) is 5.82 Å². The van der Waals surface area contributed by atoms with Crippen molar-refractivity contribution in [1.82, 2.24) is 14.7 Å². The van der Waals surface area contributed by atoms with Crippen molar-refractivity contribution >= 4 is 11.8 Å². The summed E-state index contributed by atoms with van der Waals surface area (Å²) in [5.41, 5.74) is 0.497. The fourth-order valence-corrected chi connectivity index (χ4v) is 2.95. The third-order valence-electron chi connectivity index (χ3n) is 4.54. The molecule has 6 nitrogen and oxygen atoms in total. The number of amides is 2. The lowest BCUT2D eigenvalue weighted by Gasteiger charge is -2.34. The van der Waals surface area contributed by atoms with Crippen LogP contribution >= 0.6 is 0 Å². The monoisotopic (exact) mass is 359 g/mol. The molecule has 0 atom stereocenters. The molecule has 1 aromatic carbocycles. The van der Waals surface area contributed by atoms with Crippen molar-refractivity contribution in [2.24, 2.45) is 0 Å². The molecule has 1 aliphatic heterocycles. The quantitative estimate of drug-likeness (QED) is 0.817. The predicted molar refractivity (Wildman–Crippen MR) is 93.9 cm³/mol. The summed E-state index contributed by atoms with van der Waals surface area (Å²) in [5.74, 6) is -0.173. The molecular weight excluding hydrogens is 337 g/mol. The molecule has 2 heterocycles. The van der Waals surface area contributed by atoms with Crippen LogP contribution in [0.4, 0.5) is 4.39 Å². The Morgan fingerprint density at radius 3 is 2.50 bits per heavy atom. The van der Waals surface area contributed by atoms with Gasteiger partial charge in [0, 0.05) is 45.3 Å². The minimum atomic E-state index is -0.308. The lowest BCUT2D eigenvalue weighted by atomic mass is 10.2. The number of hydrogen-bond acceptors (Lipinski definition) is 4. The number of rotatable bonds is 5. The zero-order valence-corrected chi connectivity index (χ0v) is 14.7. The summed E-state index contributed by atoms with van der Waals surface area (Å²) < 4.78 is 18.9. The van der Waals surface area contributed by atoms with Gasteiger partial charge in [-0.3, -0.25) is 14.5 Å². The molecule has 0 N–H and O–H groups in total. The maximum Gasteiger partial charge on any atom is 0.289 e. The number of piperazine rings is 1. The number of nitrogens with zero attached hydrogens (tertiary/aromatic N) is 3. The van der Waals surface area contributed by atoms with Gasteiger partial charge in [-0.1, -0.05) is 18.2 Å². The van der Waals surface area contributed by atoms with Gasteiger partial charge in [-0.05, 0) is 18.2 Å². The second kappa shape index (κ2) is 8.14. The molecule has 1 aliphatic rings. The van der Waals surface area contributed by atoms with E-state index >= 15 is 0 Å². The maximum absolute atomic E-state index is 13.7. The van der Waals surface area contributed by atoms with Crippen molar-refractivity contribution in [2.45, 2.75) is 6.54 Å². The molecule has 0 unspecified atom stereocenters. The second-order valence-corrected chi connectivity index (χ2v) is 6.39. The molecule has 2 aromatic rings. The maximum atomic E-state index is 13.7. The van der Waals surface area contributed by atoms with E-state index in [1.54, 1.807) is 42.3 Å². The van der Waals surface area contributed by atoms with E-state index < -0.39 is 0 Å². The van der Waals surface area contributed by atoms with Crippen molar-refractivity contribution in [3.05, 3.63) is 59.8 Å². The number of halogens is 1. The standard InChI is InChI=1S/C19H22FN3O3/c1-21(13-15-5-2-3-6-16(15)20)18(24)14-22-8-10-23(11-9-22)19(25)17-7-4-12-26-17/h2-7,12H,8-11,13-14H2,1H3. The van der Waals surface area contributed by atoms with Gasteiger partial charge in [-0.15, -0.1) is 0 Å². The summed E-state index contributed by atoms with van der Waals surface area (Å²) >= 11 is 0. The Morgan fingerprint density at radius 2 is 1.85 bits per heavy atom. The molecule has 0 aliphatic carbocycles. The van der Waals surface area contributed by atoms with E-state index in [1.165, 1.54) is 17.2 Å². The molecular formula is C19H22FN3O3. The normalized spacial score (nSPS) is 15.1. The average molecular weight is 359 g/mol. The number of furan rings is 1. The van der Waals surface area contributed by atoms with Crippen molar-refractivity contribution in [3.63, 3.8) is 0 Å². The number of likely N-dealkylation sites (N-methyl/N-ethyl adjacent to an activating group) is 1. The van der Waals surface area contributed by atoms with Crippen LogP contribution in [0.1, 0.15) is 16.1 Å². The van der Waals surface area contributed by atoms with Crippen LogP contribution in [-0.2, 0) is 11.3 Å². The van der Waals surface area contributed by atoms with Crippen LogP contribution in [0.25, 0.3) is 0 Å². The summed E-state index contributed by atoms with van der Waals surface area (Å²) in [6.07, 6.45) is 1.48. The van der Waals surface area contributed by atoms with Crippen molar-refractivity contribution in [3.8, 4) is 0 Å². The highest BCUT2D eigenvalue weighted by molar-refractivity contribution is 5.91. The van der Waals surface area contributed by atoms with Crippen LogP contribution in [0, 0.1) is 5.82 Å². The molecule has 138 valence electrons. The lowest BCUT2D eigenvalue weighted by Crippen LogP contribution is -2.51. The molecule has 0 radical (unpaired) electrons. The van der Waals surface area contributed by atoms with Crippen LogP contribution in [-0.4, -0.2) is 66.3 Å². The summed E-state index contributed by atoms with van der Waals surface area (Å²) in [4.78, 5) is 29.9. The van der Waals surface area contributed by atoms with E-state index in [4.69, 9.17) is 4.42 Å². The van der Waals surface area contributed by atoms with Crippen LogP contribution in [0.5, 0.6) is 0 Å². The lowest BCUT2D eigenvalue weighted by molar-refractivity contribution is -0.132. The summed E-state index contributed by atoms with van der Waals surface area (Å²) in [7, 11) is 1.67. The second-order valence-electron chi connectivity index (χ2n) is 6.39. The van der Waals surface area contributed by atoms with Crippen LogP contribution in [0.2, 0.25) is 0 Å². The summed E-state index contributed by atoms with van der Waals surface area (Å²) in [6, 6.07) is 9.79. The van der Waals surface area contributed by atoms with E-state index in [9.17, 15) is 14.0 Å². The highest BCUT2D eigenvalue weighted by atomic mass is 19.1. The Kier molecular flexibility index (Phi) is 5.68. The van der Waals surface area contributed by atoms with Gasteiger partial charge < -0.3 is 14.2 Å². The Bertz CT molecular complexity index is 755. The summed E-state index contributed by atoms with van der Waals surface area (Å²) in [6.45, 7) is 2.82. The Labute approximate surface area is 151 Å². The fraction of sp³-hybridized carbons (Fsp3) is 0.368. The van der Waals surface area contributed by atoms with E-state index in [1.807, 2.05) is 4.90 Å². The number of hydrogen-bond donors (Lipinski definition) is 0. The Morgan fingerprint density at radius 1 is 1.12 bits per heavy atom. The van der Waals surface area contributed by atoms with E-state index in [2.05, 4.69) is 0 Å². The van der Waals surface area contributed by atoms with Crippen LogP contribution < -0.4 is 0 Å². The largest absolute Gasteiger partial charge is 0.459 e. The van der Waals surface area contributed by atoms with E-state index in [0.29, 0.717) is 37.5 Å². The molecule has 7 heteroatoms. The summed E-state index contributed by atoms with van der Waals surface area (Å²) in [5, 5.41) is 0. The number of carbonyl (C=O) groups excluding carboxylic acids is 2. The molecule has 0 spiro atoms. The first kappa shape index (κ1) is 18.1. The van der Waals surface area contributed by atoms with E-state index in [-0.39, 0.29) is 30.7 Å². The van der Waals surface area contributed by atoms with Gasteiger partial charge >= 0.3 is 0 Å². The van der Waals surface area contributed by atoms with Crippen LogP contribution in [0.15, 0.2) is 47.1 Å². The minimum absolute atomic E-state index is 0.0703. The highest BCUT2D eigenvalue weighted by Gasteiger charge is 2.25. The minimum Gasteiger partial charge on any atom is -0.459 e. The molecule has 26 heavy (non-hydrogen) atoms. The Hall–Kier alpha value is -2.67. The molecule has 3 rings (SSSR count). The van der Waals surface area contributed by atoms with E-state index in [0.717, 1.165) is 0 Å². The van der Waals surface area contributed by atoms with Gasteiger partial charge in [0.2, 0.25) is 5.91 Å². The van der Waals surface area contributed by atoms with Crippen molar-refractivity contribution < 1.29 is 18.4 Å². The molecule has 2 amide bonds. The van der Waals surface area contributed by atoms with Gasteiger partial charge in [0.05, 0.1) is 12.8 Å². The van der Waals surface area contributed by atoms with Gasteiger partial charge in [-0.2, -0.15) is 0 Å². The third kappa shape index (κ3) is 4.29. The third-order valence-corrected chi connectivity index (χ3v) is 4.54. The number of benzene rings is 1. The number of carbonyl (C=O) groups is 2. The van der Waals surface area contributed by atoms with Gasteiger partial charge in [0.15, 0.2) is 5.76 Å². The molecule has 1 saturated heterocycles. The molecule has 0 saturated carbocycles. The first-order chi connectivity index (χ1) is 12.5. The van der Waals surface area contributed by atoms with Gasteiger partial charge in [0.25, 0.3) is 5.91 Å². The fourth-order valence-electron chi connectivity index (χ4n) is 2.95. The van der Waals surface area contributed by atoms with Crippen LogP contribution in [0.3, 0.4) is 0 Å². The zero-order chi connectivity index (χ0) is 18.5. The Balaban J connectivity index is 1.47. The first-order valence-corrected chi connectivity index (χ1v) is 8.57. The van der Waals surface area contributed by atoms with Gasteiger partial charge in [-0.25, -0.2) is 4.39 Å². The zero-order valence-electron chi connectivity index (χ0n) is 14.7. The predicted octanol–water partition coefficient (Wildman–Crippen LogP) is 1.84. The topological polar surface area (TPSA) is 57.0 Å².